The van der Waals surface area contributed by atoms with E-state index in [-0.39, 0.29) is 5.82 Å². The van der Waals surface area contributed by atoms with Crippen LogP contribution in [0.25, 0.3) is 0 Å². The van der Waals surface area contributed by atoms with E-state index in [1.54, 1.807) is 19.9 Å². The summed E-state index contributed by atoms with van der Waals surface area (Å²) in [7, 11) is 0. The highest BCUT2D eigenvalue weighted by Crippen LogP contribution is 2.31. The van der Waals surface area contributed by atoms with Crippen molar-refractivity contribution >= 4 is 45.3 Å². The van der Waals surface area contributed by atoms with Gasteiger partial charge in [-0.1, -0.05) is 30.3 Å². The molecule has 0 aliphatic carbocycles. The minimum Gasteiger partial charge on any atom is -0.462 e. The topological polar surface area (TPSA) is 50.4 Å². The summed E-state index contributed by atoms with van der Waals surface area (Å²) in [5.41, 5.74) is 3.03. The number of anilines is 2. The smallest absolute Gasteiger partial charge is 0.341 e. The van der Waals surface area contributed by atoms with Crippen molar-refractivity contribution < 1.29 is 13.9 Å². The SMILES string of the molecule is CCOC(=O)c1cc(Cc2ccccc2)sc1NC(=S)Nc1ccc(F)cc1C. The third-order valence-electron chi connectivity index (χ3n) is 4.16. The molecule has 2 aromatic carbocycles. The maximum absolute atomic E-state index is 13.3. The van der Waals surface area contributed by atoms with Crippen LogP contribution in [-0.2, 0) is 11.2 Å². The lowest BCUT2D eigenvalue weighted by molar-refractivity contribution is 0.0528. The molecule has 2 N–H and O–H groups in total. The van der Waals surface area contributed by atoms with Gasteiger partial charge in [0, 0.05) is 17.0 Å². The summed E-state index contributed by atoms with van der Waals surface area (Å²) in [6.07, 6.45) is 0.705. The molecule has 4 nitrogen and oxygen atoms in total. The fourth-order valence-electron chi connectivity index (χ4n) is 2.80. The normalized spacial score (nSPS) is 10.4. The molecule has 0 fully saturated rings. The Bertz CT molecular complexity index is 1020. The van der Waals surface area contributed by atoms with Crippen LogP contribution >= 0.6 is 23.6 Å². The van der Waals surface area contributed by atoms with Crippen molar-refractivity contribution in [1.82, 2.24) is 0 Å². The van der Waals surface area contributed by atoms with Crippen LogP contribution in [0.2, 0.25) is 0 Å². The van der Waals surface area contributed by atoms with Gasteiger partial charge in [-0.2, -0.15) is 0 Å². The maximum atomic E-state index is 13.3. The lowest BCUT2D eigenvalue weighted by Crippen LogP contribution is -2.20. The molecule has 1 aromatic heterocycles. The molecule has 0 saturated carbocycles. The number of ether oxygens (including phenoxy) is 1. The summed E-state index contributed by atoms with van der Waals surface area (Å²) in [6.45, 7) is 3.85. The van der Waals surface area contributed by atoms with Crippen LogP contribution in [0, 0.1) is 12.7 Å². The quantitative estimate of drug-likeness (QED) is 0.385. The van der Waals surface area contributed by atoms with Crippen LogP contribution < -0.4 is 10.6 Å². The molecule has 7 heteroatoms. The van der Waals surface area contributed by atoms with Gasteiger partial charge in [0.15, 0.2) is 5.11 Å². The number of nitrogens with one attached hydrogen (secondary N) is 2. The van der Waals surface area contributed by atoms with E-state index in [0.717, 1.165) is 16.0 Å². The second-order valence-corrected chi connectivity index (χ2v) is 7.92. The second-order valence-electron chi connectivity index (χ2n) is 6.38. The Morgan fingerprint density at radius 2 is 1.90 bits per heavy atom. The number of benzene rings is 2. The van der Waals surface area contributed by atoms with Crippen molar-refractivity contribution in [2.75, 3.05) is 17.2 Å². The monoisotopic (exact) mass is 428 g/mol. The number of hydrogen-bond donors (Lipinski definition) is 2. The van der Waals surface area contributed by atoms with Crippen molar-refractivity contribution in [3.05, 3.63) is 82.0 Å². The number of esters is 1. The largest absolute Gasteiger partial charge is 0.462 e. The van der Waals surface area contributed by atoms with Gasteiger partial charge in [-0.15, -0.1) is 11.3 Å². The Labute approximate surface area is 178 Å². The average Bonchev–Trinajstić information content (AvgIpc) is 3.07. The van der Waals surface area contributed by atoms with Crippen LogP contribution in [0.1, 0.15) is 33.3 Å². The first-order valence-corrected chi connectivity index (χ1v) is 10.4. The minimum atomic E-state index is -0.397. The molecule has 0 spiro atoms. The van der Waals surface area contributed by atoms with Crippen LogP contribution in [0.15, 0.2) is 54.6 Å². The zero-order valence-electron chi connectivity index (χ0n) is 16.1. The number of thiophene rings is 1. The van der Waals surface area contributed by atoms with Crippen LogP contribution in [0.5, 0.6) is 0 Å². The zero-order valence-corrected chi connectivity index (χ0v) is 17.8. The Hall–Kier alpha value is -2.77. The summed E-state index contributed by atoms with van der Waals surface area (Å²) >= 11 is 6.85. The van der Waals surface area contributed by atoms with Crippen molar-refractivity contribution in [2.45, 2.75) is 20.3 Å². The maximum Gasteiger partial charge on any atom is 0.341 e. The molecule has 0 unspecified atom stereocenters. The number of thiocarbonyl (C=S) groups is 1. The summed E-state index contributed by atoms with van der Waals surface area (Å²) < 4.78 is 18.5. The number of rotatable bonds is 6. The molecule has 3 aromatic rings. The van der Waals surface area contributed by atoms with Crippen molar-refractivity contribution in [3.63, 3.8) is 0 Å². The Morgan fingerprint density at radius 3 is 2.59 bits per heavy atom. The molecule has 0 radical (unpaired) electrons. The predicted octanol–water partition coefficient (Wildman–Crippen LogP) is 5.77. The van der Waals surface area contributed by atoms with E-state index in [9.17, 15) is 9.18 Å². The van der Waals surface area contributed by atoms with E-state index in [4.69, 9.17) is 17.0 Å². The number of carbonyl (C=O) groups excluding carboxylic acids is 1. The number of hydrogen-bond acceptors (Lipinski definition) is 4. The lowest BCUT2D eigenvalue weighted by atomic mass is 10.1. The molecular formula is C22H21FN2O2S2. The third-order valence-corrected chi connectivity index (χ3v) is 5.42. The van der Waals surface area contributed by atoms with Crippen molar-refractivity contribution in [2.24, 2.45) is 0 Å². The second kappa shape index (κ2) is 9.62. The van der Waals surface area contributed by atoms with Gasteiger partial charge in [0.05, 0.1) is 12.2 Å². The van der Waals surface area contributed by atoms with E-state index in [1.807, 2.05) is 36.4 Å². The van der Waals surface area contributed by atoms with Crippen LogP contribution in [0.3, 0.4) is 0 Å². The Balaban J connectivity index is 1.80. The fourth-order valence-corrected chi connectivity index (χ4v) is 4.16. The first kappa shape index (κ1) is 21.0. The van der Waals surface area contributed by atoms with E-state index >= 15 is 0 Å². The van der Waals surface area contributed by atoms with Gasteiger partial charge in [-0.05, 0) is 61.5 Å². The van der Waals surface area contributed by atoms with Gasteiger partial charge in [-0.25, -0.2) is 9.18 Å². The van der Waals surface area contributed by atoms with E-state index in [2.05, 4.69) is 10.6 Å². The molecule has 0 bridgehead atoms. The molecule has 150 valence electrons. The minimum absolute atomic E-state index is 0.291. The average molecular weight is 429 g/mol. The first-order chi connectivity index (χ1) is 14.0. The summed E-state index contributed by atoms with van der Waals surface area (Å²) in [5, 5.41) is 7.08. The van der Waals surface area contributed by atoms with Gasteiger partial charge in [-0.3, -0.25) is 0 Å². The first-order valence-electron chi connectivity index (χ1n) is 9.14. The molecule has 0 aliphatic heterocycles. The Morgan fingerprint density at radius 1 is 1.14 bits per heavy atom. The summed E-state index contributed by atoms with van der Waals surface area (Å²) in [6, 6.07) is 16.3. The fraction of sp³-hybridized carbons (Fsp3) is 0.182. The number of aryl methyl sites for hydroxylation is 1. The molecule has 1 heterocycles. The van der Waals surface area contributed by atoms with Gasteiger partial charge in [0.1, 0.15) is 10.8 Å². The highest BCUT2D eigenvalue weighted by atomic mass is 32.1. The van der Waals surface area contributed by atoms with E-state index < -0.39 is 5.97 Å². The van der Waals surface area contributed by atoms with Crippen LogP contribution in [0.4, 0.5) is 15.1 Å². The summed E-state index contributed by atoms with van der Waals surface area (Å²) in [5.74, 6) is -0.702. The number of halogens is 1. The van der Waals surface area contributed by atoms with Crippen molar-refractivity contribution in [1.29, 1.82) is 0 Å². The van der Waals surface area contributed by atoms with E-state index in [1.165, 1.54) is 23.5 Å². The van der Waals surface area contributed by atoms with E-state index in [0.29, 0.717) is 34.4 Å². The molecule has 0 atom stereocenters. The molecular weight excluding hydrogens is 407 g/mol. The molecule has 0 saturated heterocycles. The molecule has 3 rings (SSSR count). The van der Waals surface area contributed by atoms with Gasteiger partial charge >= 0.3 is 5.97 Å². The van der Waals surface area contributed by atoms with Crippen LogP contribution in [-0.4, -0.2) is 17.7 Å². The highest BCUT2D eigenvalue weighted by Gasteiger charge is 2.18. The molecule has 0 amide bonds. The highest BCUT2D eigenvalue weighted by molar-refractivity contribution is 7.80. The summed E-state index contributed by atoms with van der Waals surface area (Å²) in [4.78, 5) is 13.4. The van der Waals surface area contributed by atoms with Crippen molar-refractivity contribution in [3.8, 4) is 0 Å². The molecule has 29 heavy (non-hydrogen) atoms. The van der Waals surface area contributed by atoms with Gasteiger partial charge in [0.2, 0.25) is 0 Å². The lowest BCUT2D eigenvalue weighted by Gasteiger charge is -2.12. The van der Waals surface area contributed by atoms with Gasteiger partial charge in [0.25, 0.3) is 0 Å². The Kier molecular flexibility index (Phi) is 6.95. The predicted molar refractivity (Wildman–Crippen MR) is 121 cm³/mol. The number of carbonyl (C=O) groups is 1. The standard InChI is InChI=1S/C22H21FN2O2S2/c1-3-27-21(26)18-13-17(12-15-7-5-4-6-8-15)29-20(18)25-22(28)24-19-10-9-16(23)11-14(19)2/h4-11,13H,3,12H2,1-2H3,(H2,24,25,28). The third kappa shape index (κ3) is 5.62. The molecule has 0 aliphatic rings. The van der Waals surface area contributed by atoms with Gasteiger partial charge < -0.3 is 15.4 Å². The zero-order chi connectivity index (χ0) is 20.8.